The summed E-state index contributed by atoms with van der Waals surface area (Å²) >= 11 is 0. The first kappa shape index (κ1) is 11.1. The predicted molar refractivity (Wildman–Crippen MR) is 51.0 cm³/mol. The monoisotopic (exact) mass is 167 g/mol. The van der Waals surface area contributed by atoms with E-state index in [-0.39, 0.29) is 6.61 Å². The number of aliphatic hydroxyl groups excluding tert-OH is 1. The number of nitrogens with zero attached hydrogens (tertiary/aromatic N) is 1. The third-order valence-corrected chi connectivity index (χ3v) is 1.50. The van der Waals surface area contributed by atoms with Gasteiger partial charge in [-0.3, -0.25) is 4.98 Å². The van der Waals surface area contributed by atoms with Gasteiger partial charge < -0.3 is 5.11 Å². The molecule has 0 aliphatic carbocycles. The maximum atomic E-state index is 8.80. The number of rotatable bonds is 1. The van der Waals surface area contributed by atoms with E-state index in [0.717, 1.165) is 16.8 Å². The summed E-state index contributed by atoms with van der Waals surface area (Å²) in [5, 5.41) is 8.80. The molecule has 68 valence electrons. The summed E-state index contributed by atoms with van der Waals surface area (Å²) in [5.74, 6) is 0. The van der Waals surface area contributed by atoms with Gasteiger partial charge in [0.05, 0.1) is 6.61 Å². The lowest BCUT2D eigenvalue weighted by molar-refractivity contribution is 0.280. The molecule has 0 amide bonds. The van der Waals surface area contributed by atoms with Crippen molar-refractivity contribution >= 4 is 0 Å². The van der Waals surface area contributed by atoms with Crippen molar-refractivity contribution in [3.63, 3.8) is 0 Å². The Balaban J connectivity index is 0.000000561. The predicted octanol–water partition coefficient (Wildman–Crippen LogP) is 2.22. The minimum Gasteiger partial charge on any atom is -0.392 e. The number of aliphatic hydroxyl groups is 1. The number of aromatic nitrogens is 1. The van der Waals surface area contributed by atoms with Crippen LogP contribution in [0.1, 0.15) is 30.7 Å². The molecule has 2 heteroatoms. The maximum Gasteiger partial charge on any atom is 0.0699 e. The van der Waals surface area contributed by atoms with E-state index in [2.05, 4.69) is 4.98 Å². The minimum absolute atomic E-state index is 0.0838. The van der Waals surface area contributed by atoms with Gasteiger partial charge in [-0.25, -0.2) is 0 Å². The number of hydrogen-bond donors (Lipinski definition) is 1. The zero-order valence-corrected chi connectivity index (χ0v) is 8.26. The van der Waals surface area contributed by atoms with E-state index in [1.807, 2.05) is 33.8 Å². The molecular formula is C10H17NO. The summed E-state index contributed by atoms with van der Waals surface area (Å²) < 4.78 is 0. The highest BCUT2D eigenvalue weighted by molar-refractivity contribution is 5.22. The number of hydrogen-bond acceptors (Lipinski definition) is 2. The normalized spacial score (nSPS) is 8.75. The van der Waals surface area contributed by atoms with E-state index in [1.54, 1.807) is 6.20 Å². The third kappa shape index (κ3) is 3.01. The van der Waals surface area contributed by atoms with Gasteiger partial charge in [0.2, 0.25) is 0 Å². The first-order valence-corrected chi connectivity index (χ1v) is 4.27. The largest absolute Gasteiger partial charge is 0.392 e. The van der Waals surface area contributed by atoms with Gasteiger partial charge in [0.25, 0.3) is 0 Å². The fraction of sp³-hybridized carbons (Fsp3) is 0.500. The van der Waals surface area contributed by atoms with Crippen molar-refractivity contribution < 1.29 is 5.11 Å². The van der Waals surface area contributed by atoms with E-state index in [4.69, 9.17) is 5.11 Å². The smallest absolute Gasteiger partial charge is 0.0699 e. The second-order valence-electron chi connectivity index (χ2n) is 2.42. The van der Waals surface area contributed by atoms with Crippen molar-refractivity contribution in [3.8, 4) is 0 Å². The molecule has 0 bridgehead atoms. The molecule has 0 unspecified atom stereocenters. The van der Waals surface area contributed by atoms with Crippen LogP contribution in [0.15, 0.2) is 12.3 Å². The van der Waals surface area contributed by atoms with Crippen LogP contribution in [0.4, 0.5) is 0 Å². The van der Waals surface area contributed by atoms with Crippen LogP contribution in [-0.4, -0.2) is 10.1 Å². The van der Waals surface area contributed by atoms with Gasteiger partial charge in [0.1, 0.15) is 0 Å². The van der Waals surface area contributed by atoms with E-state index >= 15 is 0 Å². The van der Waals surface area contributed by atoms with Gasteiger partial charge in [-0.05, 0) is 25.0 Å². The molecule has 0 aliphatic rings. The summed E-state index contributed by atoms with van der Waals surface area (Å²) in [6.45, 7) is 7.94. The molecule has 1 aromatic rings. The van der Waals surface area contributed by atoms with E-state index in [0.29, 0.717) is 0 Å². The molecule has 0 aliphatic heterocycles. The van der Waals surface area contributed by atoms with E-state index < -0.39 is 0 Å². The van der Waals surface area contributed by atoms with Crippen molar-refractivity contribution in [3.05, 3.63) is 29.1 Å². The average molecular weight is 167 g/mol. The summed E-state index contributed by atoms with van der Waals surface area (Å²) in [7, 11) is 0. The van der Waals surface area contributed by atoms with Gasteiger partial charge in [-0.1, -0.05) is 19.9 Å². The Hall–Kier alpha value is -0.890. The van der Waals surface area contributed by atoms with E-state index in [1.165, 1.54) is 0 Å². The minimum atomic E-state index is 0.0838. The fourth-order valence-corrected chi connectivity index (χ4v) is 0.858. The Morgan fingerprint density at radius 2 is 1.92 bits per heavy atom. The lowest BCUT2D eigenvalue weighted by Crippen LogP contribution is -1.92. The molecule has 0 saturated heterocycles. The van der Waals surface area contributed by atoms with Crippen LogP contribution < -0.4 is 0 Å². The first-order chi connectivity index (χ1) is 5.74. The first-order valence-electron chi connectivity index (χ1n) is 4.27. The van der Waals surface area contributed by atoms with Gasteiger partial charge in [0.15, 0.2) is 0 Å². The standard InChI is InChI=1S/C8H11NO.C2H6/c1-6-3-8(5-10)7(2)9-4-6;1-2/h3-4,10H,5H2,1-2H3;1-2H3. The molecule has 0 aromatic carbocycles. The molecule has 0 atom stereocenters. The molecule has 2 nitrogen and oxygen atoms in total. The Morgan fingerprint density at radius 1 is 1.33 bits per heavy atom. The Bertz CT molecular complexity index is 233. The number of aryl methyl sites for hydroxylation is 2. The summed E-state index contributed by atoms with van der Waals surface area (Å²) in [6.07, 6.45) is 1.80. The molecule has 1 N–H and O–H groups in total. The quantitative estimate of drug-likeness (QED) is 0.695. The van der Waals surface area contributed by atoms with Crippen molar-refractivity contribution in [2.75, 3.05) is 0 Å². The Kier molecular flexibility index (Phi) is 5.30. The molecular weight excluding hydrogens is 150 g/mol. The molecule has 0 spiro atoms. The van der Waals surface area contributed by atoms with E-state index in [9.17, 15) is 0 Å². The average Bonchev–Trinajstić information content (AvgIpc) is 2.13. The van der Waals surface area contributed by atoms with Crippen molar-refractivity contribution in [2.24, 2.45) is 0 Å². The molecule has 0 radical (unpaired) electrons. The fourth-order valence-electron chi connectivity index (χ4n) is 0.858. The zero-order chi connectivity index (χ0) is 9.56. The van der Waals surface area contributed by atoms with Crippen LogP contribution >= 0.6 is 0 Å². The molecule has 1 heterocycles. The summed E-state index contributed by atoms with van der Waals surface area (Å²) in [6, 6.07) is 1.95. The molecule has 1 rings (SSSR count). The Labute approximate surface area is 74.3 Å². The third-order valence-electron chi connectivity index (χ3n) is 1.50. The van der Waals surface area contributed by atoms with Crippen molar-refractivity contribution in [1.82, 2.24) is 4.98 Å². The second kappa shape index (κ2) is 5.72. The molecule has 0 fully saturated rings. The molecule has 1 aromatic heterocycles. The van der Waals surface area contributed by atoms with Gasteiger partial charge >= 0.3 is 0 Å². The summed E-state index contributed by atoms with van der Waals surface area (Å²) in [4.78, 5) is 4.09. The van der Waals surface area contributed by atoms with Crippen molar-refractivity contribution in [1.29, 1.82) is 0 Å². The maximum absolute atomic E-state index is 8.80. The lowest BCUT2D eigenvalue weighted by Gasteiger charge is -2.00. The zero-order valence-electron chi connectivity index (χ0n) is 8.26. The SMILES string of the molecule is CC.Cc1cnc(C)c(CO)c1. The van der Waals surface area contributed by atoms with Gasteiger partial charge in [-0.2, -0.15) is 0 Å². The van der Waals surface area contributed by atoms with Gasteiger partial charge in [-0.15, -0.1) is 0 Å². The molecule has 0 saturated carbocycles. The van der Waals surface area contributed by atoms with Crippen LogP contribution in [0.2, 0.25) is 0 Å². The highest BCUT2D eigenvalue weighted by Crippen LogP contribution is 2.05. The van der Waals surface area contributed by atoms with Crippen molar-refractivity contribution in [2.45, 2.75) is 34.3 Å². The number of pyridine rings is 1. The van der Waals surface area contributed by atoms with Crippen LogP contribution in [0.3, 0.4) is 0 Å². The second-order valence-corrected chi connectivity index (χ2v) is 2.42. The van der Waals surface area contributed by atoms with Crippen LogP contribution in [-0.2, 0) is 6.61 Å². The topological polar surface area (TPSA) is 33.1 Å². The van der Waals surface area contributed by atoms with Crippen LogP contribution in [0, 0.1) is 13.8 Å². The summed E-state index contributed by atoms with van der Waals surface area (Å²) in [5.41, 5.74) is 2.92. The highest BCUT2D eigenvalue weighted by Gasteiger charge is 1.95. The van der Waals surface area contributed by atoms with Gasteiger partial charge in [0, 0.05) is 11.9 Å². The Morgan fingerprint density at radius 3 is 2.33 bits per heavy atom. The van der Waals surface area contributed by atoms with Crippen LogP contribution in [0.5, 0.6) is 0 Å². The highest BCUT2D eigenvalue weighted by atomic mass is 16.3. The molecule has 12 heavy (non-hydrogen) atoms. The lowest BCUT2D eigenvalue weighted by atomic mass is 10.2. The van der Waals surface area contributed by atoms with Crippen LogP contribution in [0.25, 0.3) is 0 Å².